The molecule has 3 rings (SSSR count). The van der Waals surface area contributed by atoms with Crippen molar-refractivity contribution in [3.05, 3.63) is 71.3 Å². The van der Waals surface area contributed by atoms with Crippen molar-refractivity contribution in [3.8, 4) is 0 Å². The summed E-state index contributed by atoms with van der Waals surface area (Å²) in [5.74, 6) is 0.528. The van der Waals surface area contributed by atoms with E-state index in [-0.39, 0.29) is 6.04 Å². The first kappa shape index (κ1) is 13.7. The highest BCUT2D eigenvalue weighted by molar-refractivity contribution is 5.78. The quantitative estimate of drug-likeness (QED) is 0.670. The van der Waals surface area contributed by atoms with Gasteiger partial charge in [-0.3, -0.25) is 0 Å². The summed E-state index contributed by atoms with van der Waals surface area (Å²) >= 11 is 0. The minimum Gasteiger partial charge on any atom is -0.370 e. The first-order chi connectivity index (χ1) is 10.3. The van der Waals surface area contributed by atoms with E-state index in [4.69, 9.17) is 5.73 Å². The van der Waals surface area contributed by atoms with Gasteiger partial charge in [-0.1, -0.05) is 54.6 Å². The SMILES string of the molecule is NC(=NCc1ccccc1)NC1CCCc2ccccc21. The third-order valence-electron chi connectivity index (χ3n) is 3.97. The van der Waals surface area contributed by atoms with E-state index in [0.717, 1.165) is 12.8 Å². The summed E-state index contributed by atoms with van der Waals surface area (Å²) in [7, 11) is 0. The lowest BCUT2D eigenvalue weighted by atomic mass is 9.88. The molecule has 0 radical (unpaired) electrons. The Labute approximate surface area is 125 Å². The van der Waals surface area contributed by atoms with Gasteiger partial charge in [0.2, 0.25) is 0 Å². The molecule has 1 aliphatic rings. The third kappa shape index (κ3) is 3.43. The Bertz CT molecular complexity index is 619. The van der Waals surface area contributed by atoms with Gasteiger partial charge in [-0.2, -0.15) is 0 Å². The lowest BCUT2D eigenvalue weighted by Gasteiger charge is -2.26. The van der Waals surface area contributed by atoms with Crippen LogP contribution in [-0.4, -0.2) is 5.96 Å². The van der Waals surface area contributed by atoms with Crippen molar-refractivity contribution in [2.24, 2.45) is 10.7 Å². The van der Waals surface area contributed by atoms with E-state index >= 15 is 0 Å². The largest absolute Gasteiger partial charge is 0.370 e. The number of nitrogens with one attached hydrogen (secondary N) is 1. The molecule has 0 saturated carbocycles. The molecule has 2 aromatic rings. The number of rotatable bonds is 3. The molecule has 2 aromatic carbocycles. The molecule has 0 fully saturated rings. The van der Waals surface area contributed by atoms with E-state index in [1.807, 2.05) is 18.2 Å². The maximum atomic E-state index is 6.05. The summed E-state index contributed by atoms with van der Waals surface area (Å²) in [5.41, 5.74) is 10.0. The normalized spacial score (nSPS) is 18.1. The van der Waals surface area contributed by atoms with E-state index in [1.165, 1.54) is 23.1 Å². The highest BCUT2D eigenvalue weighted by Crippen LogP contribution is 2.29. The summed E-state index contributed by atoms with van der Waals surface area (Å²) in [5, 5.41) is 3.37. The first-order valence-corrected chi connectivity index (χ1v) is 7.51. The molecule has 3 heteroatoms. The average Bonchev–Trinajstić information content (AvgIpc) is 2.54. The third-order valence-corrected chi connectivity index (χ3v) is 3.97. The summed E-state index contributed by atoms with van der Waals surface area (Å²) in [6.45, 7) is 0.619. The van der Waals surface area contributed by atoms with E-state index in [0.29, 0.717) is 12.5 Å². The molecular formula is C18H21N3. The van der Waals surface area contributed by atoms with Crippen LogP contribution in [0.2, 0.25) is 0 Å². The summed E-state index contributed by atoms with van der Waals surface area (Å²) in [6.07, 6.45) is 3.47. The van der Waals surface area contributed by atoms with Crippen LogP contribution in [0, 0.1) is 0 Å². The number of guanidine groups is 1. The smallest absolute Gasteiger partial charge is 0.189 e. The second kappa shape index (κ2) is 6.44. The lowest BCUT2D eigenvalue weighted by Crippen LogP contribution is -2.36. The molecule has 1 atom stereocenters. The Morgan fingerprint density at radius 3 is 2.71 bits per heavy atom. The highest BCUT2D eigenvalue weighted by atomic mass is 15.1. The second-order valence-corrected chi connectivity index (χ2v) is 5.48. The Balaban J connectivity index is 1.67. The van der Waals surface area contributed by atoms with Gasteiger partial charge in [0.25, 0.3) is 0 Å². The van der Waals surface area contributed by atoms with E-state index in [2.05, 4.69) is 46.7 Å². The number of aliphatic imine (C=N–C) groups is 1. The zero-order chi connectivity index (χ0) is 14.5. The molecule has 1 aliphatic carbocycles. The van der Waals surface area contributed by atoms with Crippen molar-refractivity contribution in [1.29, 1.82) is 0 Å². The Morgan fingerprint density at radius 2 is 1.86 bits per heavy atom. The fourth-order valence-electron chi connectivity index (χ4n) is 2.89. The average molecular weight is 279 g/mol. The van der Waals surface area contributed by atoms with Crippen LogP contribution < -0.4 is 11.1 Å². The number of aryl methyl sites for hydroxylation is 1. The van der Waals surface area contributed by atoms with Crippen LogP contribution in [0.4, 0.5) is 0 Å². The van der Waals surface area contributed by atoms with Crippen LogP contribution in [0.25, 0.3) is 0 Å². The predicted octanol–water partition coefficient (Wildman–Crippen LogP) is 3.17. The number of fused-ring (bicyclic) bond motifs is 1. The minimum atomic E-state index is 0.287. The number of nitrogens with two attached hydrogens (primary N) is 1. The van der Waals surface area contributed by atoms with E-state index < -0.39 is 0 Å². The Kier molecular flexibility index (Phi) is 4.20. The molecule has 0 bridgehead atoms. The van der Waals surface area contributed by atoms with Gasteiger partial charge in [0.1, 0.15) is 0 Å². The standard InChI is InChI=1S/C18H21N3/c19-18(20-13-14-7-2-1-3-8-14)21-17-12-6-10-15-9-4-5-11-16(15)17/h1-5,7-9,11,17H,6,10,12-13H2,(H3,19,20,21). The molecule has 0 saturated heterocycles. The molecule has 0 spiro atoms. The molecule has 0 heterocycles. The monoisotopic (exact) mass is 279 g/mol. The maximum Gasteiger partial charge on any atom is 0.189 e. The minimum absolute atomic E-state index is 0.287. The van der Waals surface area contributed by atoms with Gasteiger partial charge >= 0.3 is 0 Å². The molecule has 3 N–H and O–H groups in total. The fourth-order valence-corrected chi connectivity index (χ4v) is 2.89. The Morgan fingerprint density at radius 1 is 1.10 bits per heavy atom. The topological polar surface area (TPSA) is 50.4 Å². The van der Waals surface area contributed by atoms with Gasteiger partial charge in [0.05, 0.1) is 12.6 Å². The summed E-state index contributed by atoms with van der Waals surface area (Å²) < 4.78 is 0. The predicted molar refractivity (Wildman–Crippen MR) is 87.0 cm³/mol. The van der Waals surface area contributed by atoms with Crippen molar-refractivity contribution in [1.82, 2.24) is 5.32 Å². The van der Waals surface area contributed by atoms with Crippen LogP contribution in [0.3, 0.4) is 0 Å². The number of nitrogens with zero attached hydrogens (tertiary/aromatic N) is 1. The molecule has 0 aromatic heterocycles. The highest BCUT2D eigenvalue weighted by Gasteiger charge is 2.19. The van der Waals surface area contributed by atoms with E-state index in [9.17, 15) is 0 Å². The molecule has 21 heavy (non-hydrogen) atoms. The fraction of sp³-hybridized carbons (Fsp3) is 0.278. The van der Waals surface area contributed by atoms with Crippen LogP contribution in [-0.2, 0) is 13.0 Å². The summed E-state index contributed by atoms with van der Waals surface area (Å²) in [4.78, 5) is 4.44. The summed E-state index contributed by atoms with van der Waals surface area (Å²) in [6, 6.07) is 19.1. The number of hydrogen-bond donors (Lipinski definition) is 2. The van der Waals surface area contributed by atoms with Gasteiger partial charge in [0, 0.05) is 0 Å². The molecule has 0 aliphatic heterocycles. The molecule has 1 unspecified atom stereocenters. The molecule has 3 nitrogen and oxygen atoms in total. The second-order valence-electron chi connectivity index (χ2n) is 5.48. The van der Waals surface area contributed by atoms with Crippen molar-refractivity contribution in [2.45, 2.75) is 31.8 Å². The van der Waals surface area contributed by atoms with Gasteiger partial charge in [-0.25, -0.2) is 4.99 Å². The molecule has 0 amide bonds. The number of benzene rings is 2. The van der Waals surface area contributed by atoms with Crippen LogP contribution >= 0.6 is 0 Å². The van der Waals surface area contributed by atoms with E-state index in [1.54, 1.807) is 0 Å². The van der Waals surface area contributed by atoms with Gasteiger partial charge < -0.3 is 11.1 Å². The lowest BCUT2D eigenvalue weighted by molar-refractivity contribution is 0.524. The maximum absolute atomic E-state index is 6.05. The number of hydrogen-bond acceptors (Lipinski definition) is 1. The first-order valence-electron chi connectivity index (χ1n) is 7.51. The zero-order valence-corrected chi connectivity index (χ0v) is 12.1. The van der Waals surface area contributed by atoms with Crippen molar-refractivity contribution >= 4 is 5.96 Å². The van der Waals surface area contributed by atoms with Crippen LogP contribution in [0.5, 0.6) is 0 Å². The molecule has 108 valence electrons. The Hall–Kier alpha value is -2.29. The zero-order valence-electron chi connectivity index (χ0n) is 12.1. The molecular weight excluding hydrogens is 258 g/mol. The van der Waals surface area contributed by atoms with Gasteiger partial charge in [-0.05, 0) is 36.0 Å². The van der Waals surface area contributed by atoms with Gasteiger partial charge in [-0.15, -0.1) is 0 Å². The van der Waals surface area contributed by atoms with Crippen molar-refractivity contribution < 1.29 is 0 Å². The van der Waals surface area contributed by atoms with Gasteiger partial charge in [0.15, 0.2) is 5.96 Å². The van der Waals surface area contributed by atoms with Crippen molar-refractivity contribution in [2.75, 3.05) is 0 Å². The van der Waals surface area contributed by atoms with Crippen LogP contribution in [0.15, 0.2) is 59.6 Å². The van der Waals surface area contributed by atoms with Crippen molar-refractivity contribution in [3.63, 3.8) is 0 Å². The van der Waals surface area contributed by atoms with Crippen LogP contribution in [0.1, 0.15) is 35.6 Å².